The van der Waals surface area contributed by atoms with Gasteiger partial charge in [-0.25, -0.2) is 14.0 Å². The third-order valence-electron chi connectivity index (χ3n) is 10.2. The van der Waals surface area contributed by atoms with Crippen LogP contribution in [0.2, 0.25) is 0 Å². The van der Waals surface area contributed by atoms with E-state index in [2.05, 4.69) is 24.0 Å². The number of carbonyl (C=O) groups excluding carboxylic acids is 2. The molecule has 5 rings (SSSR count). The van der Waals surface area contributed by atoms with Gasteiger partial charge in [0.05, 0.1) is 24.3 Å². The molecule has 0 aliphatic rings. The lowest BCUT2D eigenvalue weighted by Crippen LogP contribution is -2.12. The maximum absolute atomic E-state index is 14.8. The summed E-state index contributed by atoms with van der Waals surface area (Å²) >= 11 is 0. The summed E-state index contributed by atoms with van der Waals surface area (Å²) in [5, 5.41) is 8.25. The standard InChI is InChI=1S/C49H58F2N2O7/c1-3-5-7-9-11-12-13-15-16-18-34-56-39-26-24-38(25-27-39)48(54)58-40-28-20-36(21-29-40)46-52-53-47(60-46)37-22-30-41(31-23-37)59-49(55)42-32-33-43(45(51)44(42)50)57-35-19-17-14-10-8-6-4-2/h20-33H,3-19,34-35H2,1-2H3. The predicted molar refractivity (Wildman–Crippen MR) is 229 cm³/mol. The van der Waals surface area contributed by atoms with Crippen molar-refractivity contribution in [2.24, 2.45) is 0 Å². The minimum Gasteiger partial charge on any atom is -0.494 e. The summed E-state index contributed by atoms with van der Waals surface area (Å²) in [6.07, 6.45) is 20.2. The molecule has 0 saturated heterocycles. The number of rotatable bonds is 27. The van der Waals surface area contributed by atoms with Crippen molar-refractivity contribution in [3.05, 3.63) is 108 Å². The van der Waals surface area contributed by atoms with E-state index in [1.807, 2.05) is 0 Å². The van der Waals surface area contributed by atoms with Gasteiger partial charge in [-0.05, 0) is 97.8 Å². The van der Waals surface area contributed by atoms with Crippen molar-refractivity contribution in [3.8, 4) is 45.9 Å². The van der Waals surface area contributed by atoms with E-state index >= 15 is 0 Å². The van der Waals surface area contributed by atoms with Crippen molar-refractivity contribution in [1.29, 1.82) is 0 Å². The van der Waals surface area contributed by atoms with E-state index in [4.69, 9.17) is 23.4 Å². The fourth-order valence-corrected chi connectivity index (χ4v) is 6.62. The Hall–Kier alpha value is -5.58. The quantitative estimate of drug-likeness (QED) is 0.0290. The van der Waals surface area contributed by atoms with Gasteiger partial charge >= 0.3 is 11.9 Å². The Morgan fingerprint density at radius 1 is 0.483 bits per heavy atom. The molecule has 0 fully saturated rings. The average molecular weight is 825 g/mol. The van der Waals surface area contributed by atoms with Crippen LogP contribution in [0.3, 0.4) is 0 Å². The minimum atomic E-state index is -1.33. The molecule has 320 valence electrons. The van der Waals surface area contributed by atoms with E-state index in [-0.39, 0.29) is 29.9 Å². The molecule has 0 spiro atoms. The zero-order valence-corrected chi connectivity index (χ0v) is 35.0. The molecule has 0 saturated carbocycles. The fraction of sp³-hybridized carbons (Fsp3) is 0.429. The predicted octanol–water partition coefficient (Wildman–Crippen LogP) is 13.5. The number of hydrogen-bond acceptors (Lipinski definition) is 9. The number of nitrogens with zero attached hydrogens (tertiary/aromatic N) is 2. The summed E-state index contributed by atoms with van der Waals surface area (Å²) in [6.45, 7) is 5.32. The monoisotopic (exact) mass is 824 g/mol. The molecule has 11 heteroatoms. The van der Waals surface area contributed by atoms with E-state index in [1.54, 1.807) is 60.7 Å². The van der Waals surface area contributed by atoms with E-state index in [0.717, 1.165) is 50.3 Å². The Balaban J connectivity index is 1.03. The van der Waals surface area contributed by atoms with Crippen LogP contribution in [0, 0.1) is 11.6 Å². The summed E-state index contributed by atoms with van der Waals surface area (Å²) in [5.74, 6) is -2.73. The Kier molecular flexibility index (Phi) is 19.1. The van der Waals surface area contributed by atoms with Gasteiger partial charge in [-0.1, -0.05) is 110 Å². The van der Waals surface area contributed by atoms with Crippen molar-refractivity contribution in [2.45, 2.75) is 123 Å². The Bertz CT molecular complexity index is 2030. The molecule has 0 aliphatic carbocycles. The maximum Gasteiger partial charge on any atom is 0.346 e. The number of carbonyl (C=O) groups is 2. The summed E-state index contributed by atoms with van der Waals surface area (Å²) in [7, 11) is 0. The lowest BCUT2D eigenvalue weighted by atomic mass is 10.1. The third-order valence-corrected chi connectivity index (χ3v) is 10.2. The Morgan fingerprint density at radius 2 is 0.917 bits per heavy atom. The van der Waals surface area contributed by atoms with Gasteiger partial charge in [0.2, 0.25) is 17.6 Å². The molecule has 0 radical (unpaired) electrons. The first-order valence-corrected chi connectivity index (χ1v) is 21.7. The van der Waals surface area contributed by atoms with Crippen LogP contribution in [-0.4, -0.2) is 35.3 Å². The molecular formula is C49H58F2N2O7. The zero-order chi connectivity index (χ0) is 42.4. The third kappa shape index (κ3) is 14.6. The van der Waals surface area contributed by atoms with Gasteiger partial charge in [-0.15, -0.1) is 10.2 Å². The van der Waals surface area contributed by atoms with Gasteiger partial charge in [0, 0.05) is 11.1 Å². The number of halogens is 2. The molecule has 0 bridgehead atoms. The summed E-state index contributed by atoms with van der Waals surface area (Å²) in [6, 6.07) is 22.1. The number of unbranched alkanes of at least 4 members (excludes halogenated alkanes) is 15. The smallest absolute Gasteiger partial charge is 0.346 e. The van der Waals surface area contributed by atoms with Crippen LogP contribution < -0.4 is 18.9 Å². The molecule has 0 aliphatic heterocycles. The van der Waals surface area contributed by atoms with Crippen LogP contribution in [-0.2, 0) is 0 Å². The molecule has 1 heterocycles. The van der Waals surface area contributed by atoms with Gasteiger partial charge in [-0.2, -0.15) is 4.39 Å². The van der Waals surface area contributed by atoms with Crippen LogP contribution in [0.15, 0.2) is 89.3 Å². The normalized spacial score (nSPS) is 11.1. The Morgan fingerprint density at radius 3 is 1.42 bits per heavy atom. The molecule has 0 N–H and O–H groups in total. The molecule has 0 unspecified atom stereocenters. The number of ether oxygens (including phenoxy) is 4. The first-order chi connectivity index (χ1) is 29.4. The van der Waals surface area contributed by atoms with Gasteiger partial charge < -0.3 is 23.4 Å². The molecule has 9 nitrogen and oxygen atoms in total. The van der Waals surface area contributed by atoms with E-state index in [1.165, 1.54) is 88.8 Å². The molecule has 0 atom stereocenters. The molecule has 5 aromatic rings. The second-order valence-electron chi connectivity index (χ2n) is 15.0. The number of hydrogen-bond donors (Lipinski definition) is 0. The topological polar surface area (TPSA) is 110 Å². The van der Waals surface area contributed by atoms with E-state index < -0.39 is 29.1 Å². The van der Waals surface area contributed by atoms with Crippen molar-refractivity contribution >= 4 is 11.9 Å². The number of benzene rings is 4. The maximum atomic E-state index is 14.8. The van der Waals surface area contributed by atoms with Crippen LogP contribution in [0.1, 0.15) is 144 Å². The molecule has 60 heavy (non-hydrogen) atoms. The highest BCUT2D eigenvalue weighted by molar-refractivity contribution is 5.92. The Labute approximate surface area is 352 Å². The molecule has 0 amide bonds. The van der Waals surface area contributed by atoms with Crippen LogP contribution in [0.4, 0.5) is 8.78 Å². The highest BCUT2D eigenvalue weighted by Crippen LogP contribution is 2.29. The second-order valence-corrected chi connectivity index (χ2v) is 15.0. The van der Waals surface area contributed by atoms with Crippen molar-refractivity contribution in [2.75, 3.05) is 13.2 Å². The largest absolute Gasteiger partial charge is 0.494 e. The average Bonchev–Trinajstić information content (AvgIpc) is 3.76. The summed E-state index contributed by atoms with van der Waals surface area (Å²) in [4.78, 5) is 25.5. The van der Waals surface area contributed by atoms with Crippen LogP contribution in [0.5, 0.6) is 23.0 Å². The van der Waals surface area contributed by atoms with Crippen molar-refractivity contribution in [3.63, 3.8) is 0 Å². The minimum absolute atomic E-state index is 0.108. The molecular weight excluding hydrogens is 767 g/mol. The number of esters is 2. The van der Waals surface area contributed by atoms with Crippen LogP contribution >= 0.6 is 0 Å². The second kappa shape index (κ2) is 25.1. The summed E-state index contributed by atoms with van der Waals surface area (Å²) in [5.41, 5.74) is 0.999. The van der Waals surface area contributed by atoms with Gasteiger partial charge in [0.15, 0.2) is 11.6 Å². The SMILES string of the molecule is CCCCCCCCCCCCOc1ccc(C(=O)Oc2ccc(-c3nnc(-c4ccc(OC(=O)c5ccc(OCCCCCCCCC)c(F)c5F)cc4)o3)cc2)cc1. The highest BCUT2D eigenvalue weighted by Gasteiger charge is 2.22. The van der Waals surface area contributed by atoms with E-state index in [9.17, 15) is 18.4 Å². The lowest BCUT2D eigenvalue weighted by Gasteiger charge is -2.10. The van der Waals surface area contributed by atoms with Crippen molar-refractivity contribution in [1.82, 2.24) is 10.2 Å². The highest BCUT2D eigenvalue weighted by atomic mass is 19.2. The number of aromatic nitrogens is 2. The lowest BCUT2D eigenvalue weighted by molar-refractivity contribution is 0.0721. The summed E-state index contributed by atoms with van der Waals surface area (Å²) < 4.78 is 57.6. The van der Waals surface area contributed by atoms with Gasteiger partial charge in [-0.3, -0.25) is 0 Å². The fourth-order valence-electron chi connectivity index (χ4n) is 6.62. The first kappa shape index (κ1) is 45.5. The molecule has 4 aromatic carbocycles. The molecule has 1 aromatic heterocycles. The van der Waals surface area contributed by atoms with Gasteiger partial charge in [0.25, 0.3) is 0 Å². The zero-order valence-electron chi connectivity index (χ0n) is 35.0. The van der Waals surface area contributed by atoms with Crippen LogP contribution in [0.25, 0.3) is 22.9 Å². The van der Waals surface area contributed by atoms with Crippen molar-refractivity contribution < 1.29 is 41.7 Å². The van der Waals surface area contributed by atoms with E-state index in [0.29, 0.717) is 29.0 Å². The van der Waals surface area contributed by atoms with Gasteiger partial charge in [0.1, 0.15) is 17.2 Å². The first-order valence-electron chi connectivity index (χ1n) is 21.7.